The molecule has 2 aromatic carbocycles. The minimum atomic E-state index is 0.858. The number of hydrogen-bond acceptors (Lipinski definition) is 1. The van der Waals surface area contributed by atoms with Gasteiger partial charge in [0.05, 0.1) is 0 Å². The van der Waals surface area contributed by atoms with E-state index in [0.717, 1.165) is 11.5 Å². The molecule has 0 aliphatic carbocycles. The second kappa shape index (κ2) is 5.70. The standard InChI is InChI=1S/C14H11IO/c15-11-10-12-6-8-14(9-7-12)16-13-4-2-1-3-5-13/h1-11H. The van der Waals surface area contributed by atoms with Gasteiger partial charge in [-0.15, -0.1) is 0 Å². The van der Waals surface area contributed by atoms with Crippen LogP contribution in [0.15, 0.2) is 58.7 Å². The lowest BCUT2D eigenvalue weighted by Crippen LogP contribution is -1.83. The van der Waals surface area contributed by atoms with E-state index in [2.05, 4.69) is 22.6 Å². The van der Waals surface area contributed by atoms with Crippen LogP contribution < -0.4 is 4.74 Å². The fourth-order valence-electron chi connectivity index (χ4n) is 1.34. The Balaban J connectivity index is 2.11. The molecule has 1 nitrogen and oxygen atoms in total. The van der Waals surface area contributed by atoms with Crippen LogP contribution in [0.2, 0.25) is 0 Å². The summed E-state index contributed by atoms with van der Waals surface area (Å²) in [6.07, 6.45) is 2.05. The van der Waals surface area contributed by atoms with Crippen LogP contribution in [0.25, 0.3) is 6.08 Å². The van der Waals surface area contributed by atoms with Gasteiger partial charge in [-0.25, -0.2) is 0 Å². The summed E-state index contributed by atoms with van der Waals surface area (Å²) in [4.78, 5) is 0. The maximum Gasteiger partial charge on any atom is 0.127 e. The van der Waals surface area contributed by atoms with Gasteiger partial charge in [-0.3, -0.25) is 0 Å². The monoisotopic (exact) mass is 322 g/mol. The highest BCUT2D eigenvalue weighted by atomic mass is 127. The van der Waals surface area contributed by atoms with Gasteiger partial charge in [0.2, 0.25) is 0 Å². The van der Waals surface area contributed by atoms with Gasteiger partial charge in [0.25, 0.3) is 0 Å². The molecule has 0 heterocycles. The van der Waals surface area contributed by atoms with E-state index in [4.69, 9.17) is 4.74 Å². The molecule has 0 aromatic heterocycles. The van der Waals surface area contributed by atoms with Crippen molar-refractivity contribution in [1.82, 2.24) is 0 Å². The predicted molar refractivity (Wildman–Crippen MR) is 76.0 cm³/mol. The van der Waals surface area contributed by atoms with Crippen molar-refractivity contribution in [3.8, 4) is 11.5 Å². The lowest BCUT2D eigenvalue weighted by Gasteiger charge is -2.05. The fourth-order valence-corrected chi connectivity index (χ4v) is 1.76. The minimum Gasteiger partial charge on any atom is -0.457 e. The Kier molecular flexibility index (Phi) is 3.99. The molecule has 0 fully saturated rings. The van der Waals surface area contributed by atoms with Crippen LogP contribution in [0.4, 0.5) is 0 Å². The maximum atomic E-state index is 5.69. The summed E-state index contributed by atoms with van der Waals surface area (Å²) in [5.74, 6) is 1.72. The molecule has 16 heavy (non-hydrogen) atoms. The zero-order valence-corrected chi connectivity index (χ0v) is 10.8. The van der Waals surface area contributed by atoms with E-state index < -0.39 is 0 Å². The van der Waals surface area contributed by atoms with Gasteiger partial charge in [0.15, 0.2) is 0 Å². The van der Waals surface area contributed by atoms with Crippen LogP contribution in [-0.2, 0) is 0 Å². The Morgan fingerprint density at radius 3 is 2.06 bits per heavy atom. The molecule has 0 N–H and O–H groups in total. The number of hydrogen-bond donors (Lipinski definition) is 0. The minimum absolute atomic E-state index is 0.858. The predicted octanol–water partition coefficient (Wildman–Crippen LogP) is 4.88. The first-order valence-electron chi connectivity index (χ1n) is 4.98. The molecule has 0 bridgehead atoms. The molecule has 2 rings (SSSR count). The van der Waals surface area contributed by atoms with Crippen LogP contribution in [0.5, 0.6) is 11.5 Å². The van der Waals surface area contributed by atoms with Gasteiger partial charge in [-0.05, 0) is 40.0 Å². The van der Waals surface area contributed by atoms with Crippen molar-refractivity contribution < 1.29 is 4.74 Å². The summed E-state index contributed by atoms with van der Waals surface area (Å²) in [5, 5.41) is 0. The second-order valence-corrected chi connectivity index (χ2v) is 4.00. The highest BCUT2D eigenvalue weighted by Gasteiger charge is 1.95. The van der Waals surface area contributed by atoms with Crippen LogP contribution in [0, 0.1) is 0 Å². The highest BCUT2D eigenvalue weighted by molar-refractivity contribution is 14.1. The van der Waals surface area contributed by atoms with E-state index in [1.807, 2.05) is 64.8 Å². The number of benzene rings is 2. The molecule has 80 valence electrons. The van der Waals surface area contributed by atoms with Gasteiger partial charge >= 0.3 is 0 Å². The van der Waals surface area contributed by atoms with Crippen molar-refractivity contribution in [3.05, 3.63) is 64.2 Å². The van der Waals surface area contributed by atoms with Crippen LogP contribution in [-0.4, -0.2) is 0 Å². The summed E-state index contributed by atoms with van der Waals surface area (Å²) < 4.78 is 7.68. The Labute approximate surface area is 109 Å². The molecule has 0 radical (unpaired) electrons. The Hall–Kier alpha value is -1.29. The van der Waals surface area contributed by atoms with Crippen molar-refractivity contribution in [1.29, 1.82) is 0 Å². The highest BCUT2D eigenvalue weighted by Crippen LogP contribution is 2.21. The summed E-state index contributed by atoms with van der Waals surface area (Å²) >= 11 is 2.21. The number of para-hydroxylation sites is 1. The van der Waals surface area contributed by atoms with E-state index in [-0.39, 0.29) is 0 Å². The SMILES string of the molecule is IC=Cc1ccc(Oc2ccccc2)cc1. The topological polar surface area (TPSA) is 9.23 Å². The third-order valence-electron chi connectivity index (χ3n) is 2.11. The molecule has 2 heteroatoms. The molecular weight excluding hydrogens is 311 g/mol. The summed E-state index contributed by atoms with van der Waals surface area (Å²) in [6.45, 7) is 0. The van der Waals surface area contributed by atoms with E-state index in [9.17, 15) is 0 Å². The summed E-state index contributed by atoms with van der Waals surface area (Å²) in [5.41, 5.74) is 1.18. The fraction of sp³-hybridized carbons (Fsp3) is 0. The van der Waals surface area contributed by atoms with Crippen LogP contribution >= 0.6 is 22.6 Å². The number of halogens is 1. The van der Waals surface area contributed by atoms with Crippen LogP contribution in [0.3, 0.4) is 0 Å². The lowest BCUT2D eigenvalue weighted by molar-refractivity contribution is 0.482. The van der Waals surface area contributed by atoms with Gasteiger partial charge in [-0.1, -0.05) is 52.9 Å². The molecule has 0 saturated heterocycles. The summed E-state index contributed by atoms with van der Waals surface area (Å²) in [7, 11) is 0. The Morgan fingerprint density at radius 2 is 1.44 bits per heavy atom. The third kappa shape index (κ3) is 3.10. The first-order chi connectivity index (χ1) is 7.88. The number of rotatable bonds is 3. The molecule has 0 unspecified atom stereocenters. The molecule has 0 atom stereocenters. The molecular formula is C14H11IO. The zero-order valence-electron chi connectivity index (χ0n) is 8.64. The normalized spacial score (nSPS) is 10.6. The van der Waals surface area contributed by atoms with Crippen LogP contribution in [0.1, 0.15) is 5.56 Å². The van der Waals surface area contributed by atoms with E-state index in [0.29, 0.717) is 0 Å². The number of ether oxygens (including phenoxy) is 1. The van der Waals surface area contributed by atoms with Gasteiger partial charge in [0, 0.05) is 0 Å². The zero-order chi connectivity index (χ0) is 11.2. The Bertz CT molecular complexity index is 460. The van der Waals surface area contributed by atoms with Crippen molar-refractivity contribution in [3.63, 3.8) is 0 Å². The lowest BCUT2D eigenvalue weighted by atomic mass is 10.2. The third-order valence-corrected chi connectivity index (χ3v) is 2.47. The quantitative estimate of drug-likeness (QED) is 0.732. The van der Waals surface area contributed by atoms with Gasteiger partial charge < -0.3 is 4.74 Å². The average molecular weight is 322 g/mol. The maximum absolute atomic E-state index is 5.69. The summed E-state index contributed by atoms with van der Waals surface area (Å²) in [6, 6.07) is 17.8. The Morgan fingerprint density at radius 1 is 0.812 bits per heavy atom. The van der Waals surface area contributed by atoms with E-state index in [1.54, 1.807) is 0 Å². The first kappa shape index (κ1) is 11.2. The van der Waals surface area contributed by atoms with Crippen molar-refractivity contribution in [2.24, 2.45) is 0 Å². The molecule has 2 aromatic rings. The molecule has 0 amide bonds. The van der Waals surface area contributed by atoms with Crippen molar-refractivity contribution in [2.75, 3.05) is 0 Å². The van der Waals surface area contributed by atoms with Gasteiger partial charge in [0.1, 0.15) is 11.5 Å². The molecule has 0 aliphatic rings. The second-order valence-electron chi connectivity index (χ2n) is 3.28. The average Bonchev–Trinajstić information content (AvgIpc) is 2.33. The molecule has 0 spiro atoms. The smallest absolute Gasteiger partial charge is 0.127 e. The van der Waals surface area contributed by atoms with Crippen molar-refractivity contribution >= 4 is 28.7 Å². The first-order valence-corrected chi connectivity index (χ1v) is 6.23. The van der Waals surface area contributed by atoms with E-state index >= 15 is 0 Å². The van der Waals surface area contributed by atoms with Gasteiger partial charge in [-0.2, -0.15) is 0 Å². The largest absolute Gasteiger partial charge is 0.457 e. The molecule has 0 saturated carbocycles. The van der Waals surface area contributed by atoms with Crippen molar-refractivity contribution in [2.45, 2.75) is 0 Å². The van der Waals surface area contributed by atoms with E-state index in [1.165, 1.54) is 5.56 Å². The molecule has 0 aliphatic heterocycles.